The van der Waals surface area contributed by atoms with Gasteiger partial charge in [0.2, 0.25) is 10.0 Å². The highest BCUT2D eigenvalue weighted by Gasteiger charge is 2.27. The molecule has 0 aliphatic heterocycles. The van der Waals surface area contributed by atoms with Crippen LogP contribution in [0.5, 0.6) is 0 Å². The van der Waals surface area contributed by atoms with Crippen molar-refractivity contribution in [3.63, 3.8) is 0 Å². The summed E-state index contributed by atoms with van der Waals surface area (Å²) in [5.74, 6) is 0. The van der Waals surface area contributed by atoms with Crippen LogP contribution in [-0.4, -0.2) is 20.5 Å². The lowest BCUT2D eigenvalue weighted by atomic mass is 10.2. The molecule has 18 heavy (non-hydrogen) atoms. The Morgan fingerprint density at radius 2 is 1.94 bits per heavy atom. The number of nitrogens with one attached hydrogen (secondary N) is 2. The van der Waals surface area contributed by atoms with Gasteiger partial charge in [0.15, 0.2) is 0 Å². The highest BCUT2D eigenvalue weighted by atomic mass is 32.2. The van der Waals surface area contributed by atoms with Gasteiger partial charge in [0, 0.05) is 17.8 Å². The maximum Gasteiger partial charge on any atom is 0.240 e. The quantitative estimate of drug-likeness (QED) is 0.775. The summed E-state index contributed by atoms with van der Waals surface area (Å²) in [6.45, 7) is 5.66. The molecule has 0 amide bonds. The van der Waals surface area contributed by atoms with Crippen LogP contribution in [-0.2, 0) is 10.0 Å². The van der Waals surface area contributed by atoms with Crippen molar-refractivity contribution in [2.75, 3.05) is 5.32 Å². The molecule has 1 aromatic rings. The standard InChI is InChI=1S/C13H18N2O2S/c1-3-10(2)14-11-6-8-13(9-7-11)18(16,17)15-12-4-5-12/h3,6-10,12,14-15H,1,4-5H2,2H3. The summed E-state index contributed by atoms with van der Waals surface area (Å²) in [7, 11) is -3.35. The van der Waals surface area contributed by atoms with Gasteiger partial charge in [-0.15, -0.1) is 6.58 Å². The largest absolute Gasteiger partial charge is 0.379 e. The van der Waals surface area contributed by atoms with E-state index < -0.39 is 10.0 Å². The number of sulfonamides is 1. The molecule has 2 rings (SSSR count). The number of anilines is 1. The van der Waals surface area contributed by atoms with E-state index in [1.807, 2.05) is 6.92 Å². The molecule has 1 saturated carbocycles. The van der Waals surface area contributed by atoms with Crippen LogP contribution in [0.1, 0.15) is 19.8 Å². The Labute approximate surface area is 108 Å². The Hall–Kier alpha value is -1.33. The minimum atomic E-state index is -3.35. The van der Waals surface area contributed by atoms with Gasteiger partial charge in [-0.3, -0.25) is 0 Å². The molecule has 1 atom stereocenters. The number of rotatable bonds is 6. The molecular formula is C13H18N2O2S. The minimum absolute atomic E-state index is 0.133. The second-order valence-electron chi connectivity index (χ2n) is 4.59. The lowest BCUT2D eigenvalue weighted by Crippen LogP contribution is -2.25. The Balaban J connectivity index is 2.08. The zero-order chi connectivity index (χ0) is 13.2. The predicted molar refractivity (Wildman–Crippen MR) is 73.1 cm³/mol. The van der Waals surface area contributed by atoms with Gasteiger partial charge in [-0.2, -0.15) is 0 Å². The van der Waals surface area contributed by atoms with E-state index >= 15 is 0 Å². The van der Waals surface area contributed by atoms with Gasteiger partial charge in [-0.05, 0) is 44.0 Å². The van der Waals surface area contributed by atoms with Crippen LogP contribution >= 0.6 is 0 Å². The third kappa shape index (κ3) is 3.34. The summed E-state index contributed by atoms with van der Waals surface area (Å²) < 4.78 is 26.5. The molecule has 1 fully saturated rings. The van der Waals surface area contributed by atoms with Crippen LogP contribution in [0.4, 0.5) is 5.69 Å². The van der Waals surface area contributed by atoms with Gasteiger partial charge in [-0.1, -0.05) is 6.08 Å². The van der Waals surface area contributed by atoms with Gasteiger partial charge < -0.3 is 5.32 Å². The van der Waals surface area contributed by atoms with Crippen LogP contribution in [0, 0.1) is 0 Å². The van der Waals surface area contributed by atoms with Crippen molar-refractivity contribution < 1.29 is 8.42 Å². The summed E-state index contributed by atoms with van der Waals surface area (Å²) in [6.07, 6.45) is 3.67. The molecule has 5 heteroatoms. The molecule has 1 aliphatic carbocycles. The molecule has 1 aromatic carbocycles. The maximum atomic E-state index is 11.9. The smallest absolute Gasteiger partial charge is 0.240 e. The zero-order valence-electron chi connectivity index (χ0n) is 10.4. The van der Waals surface area contributed by atoms with Crippen molar-refractivity contribution in [2.45, 2.75) is 36.7 Å². The molecule has 0 aromatic heterocycles. The topological polar surface area (TPSA) is 58.2 Å². The maximum absolute atomic E-state index is 11.9. The third-order valence-corrected chi connectivity index (χ3v) is 4.35. The van der Waals surface area contributed by atoms with E-state index in [-0.39, 0.29) is 12.1 Å². The van der Waals surface area contributed by atoms with Gasteiger partial charge in [0.25, 0.3) is 0 Å². The molecule has 4 nitrogen and oxygen atoms in total. The third-order valence-electron chi connectivity index (χ3n) is 2.81. The van der Waals surface area contributed by atoms with Gasteiger partial charge >= 0.3 is 0 Å². The highest BCUT2D eigenvalue weighted by molar-refractivity contribution is 7.89. The molecule has 2 N–H and O–H groups in total. The van der Waals surface area contributed by atoms with Crippen molar-refractivity contribution >= 4 is 15.7 Å². The van der Waals surface area contributed by atoms with E-state index in [1.54, 1.807) is 30.3 Å². The molecule has 1 unspecified atom stereocenters. The average Bonchev–Trinajstić information content (AvgIpc) is 3.13. The summed E-state index contributed by atoms with van der Waals surface area (Å²) in [6, 6.07) is 7.04. The fourth-order valence-electron chi connectivity index (χ4n) is 1.54. The molecule has 0 heterocycles. The van der Waals surface area contributed by atoms with Gasteiger partial charge in [0.1, 0.15) is 0 Å². The summed E-state index contributed by atoms with van der Waals surface area (Å²) in [5.41, 5.74) is 0.882. The Bertz CT molecular complexity index is 518. The first-order chi connectivity index (χ1) is 8.51. The van der Waals surface area contributed by atoms with Crippen LogP contribution in [0.2, 0.25) is 0 Å². The molecule has 0 bridgehead atoms. The summed E-state index contributed by atoms with van der Waals surface area (Å²) in [4.78, 5) is 0.311. The van der Waals surface area contributed by atoms with Gasteiger partial charge in [0.05, 0.1) is 4.90 Å². The van der Waals surface area contributed by atoms with Crippen molar-refractivity contribution in [2.24, 2.45) is 0 Å². The highest BCUT2D eigenvalue weighted by Crippen LogP contribution is 2.22. The van der Waals surface area contributed by atoms with Crippen LogP contribution in [0.15, 0.2) is 41.8 Å². The van der Waals surface area contributed by atoms with E-state index in [0.29, 0.717) is 4.90 Å². The van der Waals surface area contributed by atoms with E-state index in [9.17, 15) is 8.42 Å². The van der Waals surface area contributed by atoms with Crippen molar-refractivity contribution in [1.29, 1.82) is 0 Å². The Kier molecular flexibility index (Phi) is 3.73. The van der Waals surface area contributed by atoms with Crippen LogP contribution in [0.25, 0.3) is 0 Å². The first-order valence-electron chi connectivity index (χ1n) is 6.03. The number of hydrogen-bond donors (Lipinski definition) is 2. The zero-order valence-corrected chi connectivity index (χ0v) is 11.2. The monoisotopic (exact) mass is 266 g/mol. The predicted octanol–water partition coefficient (Wildman–Crippen LogP) is 2.11. The van der Waals surface area contributed by atoms with E-state index in [1.165, 1.54) is 0 Å². The van der Waals surface area contributed by atoms with Crippen LogP contribution in [0.3, 0.4) is 0 Å². The van der Waals surface area contributed by atoms with E-state index in [4.69, 9.17) is 0 Å². The lowest BCUT2D eigenvalue weighted by Gasteiger charge is -2.11. The van der Waals surface area contributed by atoms with Crippen molar-refractivity contribution in [3.05, 3.63) is 36.9 Å². The number of hydrogen-bond acceptors (Lipinski definition) is 3. The fraction of sp³-hybridized carbons (Fsp3) is 0.385. The Morgan fingerprint density at radius 1 is 1.33 bits per heavy atom. The van der Waals surface area contributed by atoms with E-state index in [2.05, 4.69) is 16.6 Å². The molecular weight excluding hydrogens is 248 g/mol. The molecule has 0 saturated heterocycles. The molecule has 0 radical (unpaired) electrons. The fourth-order valence-corrected chi connectivity index (χ4v) is 2.85. The number of benzene rings is 1. The second kappa shape index (κ2) is 5.12. The van der Waals surface area contributed by atoms with Crippen molar-refractivity contribution in [3.8, 4) is 0 Å². The van der Waals surface area contributed by atoms with Gasteiger partial charge in [-0.25, -0.2) is 13.1 Å². The molecule has 1 aliphatic rings. The van der Waals surface area contributed by atoms with E-state index in [0.717, 1.165) is 18.5 Å². The SMILES string of the molecule is C=CC(C)Nc1ccc(S(=O)(=O)NC2CC2)cc1. The minimum Gasteiger partial charge on any atom is -0.379 e. The second-order valence-corrected chi connectivity index (χ2v) is 6.30. The first kappa shape index (κ1) is 13.1. The first-order valence-corrected chi connectivity index (χ1v) is 7.51. The summed E-state index contributed by atoms with van der Waals surface area (Å²) >= 11 is 0. The Morgan fingerprint density at radius 3 is 2.44 bits per heavy atom. The molecule has 98 valence electrons. The molecule has 0 spiro atoms. The normalized spacial score (nSPS) is 17.2. The van der Waals surface area contributed by atoms with Crippen molar-refractivity contribution in [1.82, 2.24) is 4.72 Å². The average molecular weight is 266 g/mol. The lowest BCUT2D eigenvalue weighted by molar-refractivity contribution is 0.581. The summed E-state index contributed by atoms with van der Waals surface area (Å²) in [5, 5.41) is 3.19. The van der Waals surface area contributed by atoms with Crippen LogP contribution < -0.4 is 10.0 Å².